The molecule has 2 N–H and O–H groups in total. The number of nitrogens with one attached hydrogen (secondary N) is 1. The predicted octanol–water partition coefficient (Wildman–Crippen LogP) is 1.74. The van der Waals surface area contributed by atoms with Gasteiger partial charge >= 0.3 is 5.97 Å². The van der Waals surface area contributed by atoms with E-state index < -0.39 is 12.0 Å². The molecule has 1 aliphatic heterocycles. The number of hydrogen-bond acceptors (Lipinski definition) is 4. The van der Waals surface area contributed by atoms with E-state index >= 15 is 0 Å². The first-order valence-corrected chi connectivity index (χ1v) is 8.54. The van der Waals surface area contributed by atoms with Crippen molar-refractivity contribution in [2.75, 3.05) is 13.1 Å². The first-order chi connectivity index (χ1) is 10.6. The van der Waals surface area contributed by atoms with Crippen LogP contribution in [0.4, 0.5) is 0 Å². The summed E-state index contributed by atoms with van der Waals surface area (Å²) in [6.07, 6.45) is 0.569. The summed E-state index contributed by atoms with van der Waals surface area (Å²) in [6, 6.07) is -1.17. The predicted molar refractivity (Wildman–Crippen MR) is 89.2 cm³/mol. The Labute approximate surface area is 139 Å². The standard InChI is InChI=1S/C17H32N2O4/c1-10(2)7-14(17(21)22)18-16(20)15(11(3)4)19-8-12(5)23-13(6)9-19/h10-15H,7-9H2,1-6H3,(H,18,20)(H,21,22)/t12?,13?,14-,15?/m1/s1. The van der Waals surface area contributed by atoms with Crippen molar-refractivity contribution in [1.82, 2.24) is 10.2 Å². The molecule has 1 heterocycles. The lowest BCUT2D eigenvalue weighted by Gasteiger charge is -2.41. The van der Waals surface area contributed by atoms with Gasteiger partial charge in [-0.1, -0.05) is 27.7 Å². The lowest BCUT2D eigenvalue weighted by Crippen LogP contribution is -2.58. The Bertz CT molecular complexity index is 401. The van der Waals surface area contributed by atoms with Gasteiger partial charge in [-0.2, -0.15) is 0 Å². The van der Waals surface area contributed by atoms with Crippen molar-refractivity contribution in [3.05, 3.63) is 0 Å². The van der Waals surface area contributed by atoms with Crippen molar-refractivity contribution in [2.45, 2.75) is 72.3 Å². The van der Waals surface area contributed by atoms with Crippen molar-refractivity contribution < 1.29 is 19.4 Å². The fourth-order valence-electron chi connectivity index (χ4n) is 3.28. The van der Waals surface area contributed by atoms with E-state index in [-0.39, 0.29) is 36.0 Å². The molecule has 6 heteroatoms. The number of morpholine rings is 1. The number of carbonyl (C=O) groups is 2. The molecule has 0 aromatic rings. The second-order valence-corrected chi connectivity index (χ2v) is 7.43. The van der Waals surface area contributed by atoms with Gasteiger partial charge in [-0.25, -0.2) is 4.79 Å². The Kier molecular flexibility index (Phi) is 7.48. The topological polar surface area (TPSA) is 78.9 Å². The quantitative estimate of drug-likeness (QED) is 0.744. The lowest BCUT2D eigenvalue weighted by molar-refractivity contribution is -0.145. The van der Waals surface area contributed by atoms with Crippen LogP contribution in [0.2, 0.25) is 0 Å². The van der Waals surface area contributed by atoms with Crippen LogP contribution in [0.3, 0.4) is 0 Å². The van der Waals surface area contributed by atoms with Crippen LogP contribution in [-0.4, -0.2) is 59.3 Å². The minimum Gasteiger partial charge on any atom is -0.480 e. The van der Waals surface area contributed by atoms with Crippen molar-refractivity contribution >= 4 is 11.9 Å². The van der Waals surface area contributed by atoms with Crippen molar-refractivity contribution in [3.8, 4) is 0 Å². The highest BCUT2D eigenvalue weighted by molar-refractivity contribution is 5.87. The maximum absolute atomic E-state index is 12.7. The number of aliphatic carboxylic acids is 1. The molecular formula is C17H32N2O4. The second-order valence-electron chi connectivity index (χ2n) is 7.43. The van der Waals surface area contributed by atoms with Crippen LogP contribution in [0.15, 0.2) is 0 Å². The van der Waals surface area contributed by atoms with E-state index in [1.165, 1.54) is 0 Å². The highest BCUT2D eigenvalue weighted by Crippen LogP contribution is 2.19. The lowest BCUT2D eigenvalue weighted by atomic mass is 9.98. The molecule has 1 fully saturated rings. The molecule has 1 aliphatic rings. The summed E-state index contributed by atoms with van der Waals surface area (Å²) in [4.78, 5) is 26.2. The summed E-state index contributed by atoms with van der Waals surface area (Å²) in [5.74, 6) is -0.869. The van der Waals surface area contributed by atoms with Gasteiger partial charge < -0.3 is 15.2 Å². The molecule has 0 aliphatic carbocycles. The fraction of sp³-hybridized carbons (Fsp3) is 0.882. The number of rotatable bonds is 7. The Morgan fingerprint density at radius 2 is 1.70 bits per heavy atom. The van der Waals surface area contributed by atoms with Crippen LogP contribution in [0, 0.1) is 11.8 Å². The van der Waals surface area contributed by atoms with Crippen molar-refractivity contribution in [3.63, 3.8) is 0 Å². The zero-order valence-electron chi connectivity index (χ0n) is 15.2. The van der Waals surface area contributed by atoms with Crippen molar-refractivity contribution in [1.29, 1.82) is 0 Å². The van der Waals surface area contributed by atoms with Gasteiger partial charge in [0.15, 0.2) is 0 Å². The van der Waals surface area contributed by atoms with Gasteiger partial charge in [0.2, 0.25) is 5.91 Å². The summed E-state index contributed by atoms with van der Waals surface area (Å²) in [5.41, 5.74) is 0. The first-order valence-electron chi connectivity index (χ1n) is 8.54. The molecule has 4 atom stereocenters. The zero-order chi connectivity index (χ0) is 17.7. The minimum atomic E-state index is -0.974. The molecule has 0 radical (unpaired) electrons. The molecule has 0 bridgehead atoms. The number of ether oxygens (including phenoxy) is 1. The molecule has 6 nitrogen and oxygen atoms in total. The van der Waals surface area contributed by atoms with E-state index in [0.717, 1.165) is 0 Å². The van der Waals surface area contributed by atoms with E-state index in [1.54, 1.807) is 0 Å². The van der Waals surface area contributed by atoms with Gasteiger partial charge in [-0.15, -0.1) is 0 Å². The van der Waals surface area contributed by atoms with Crippen LogP contribution < -0.4 is 5.32 Å². The summed E-state index contributed by atoms with van der Waals surface area (Å²) in [5, 5.41) is 12.1. The molecule has 0 saturated carbocycles. The molecule has 23 heavy (non-hydrogen) atoms. The molecule has 1 rings (SSSR count). The summed E-state index contributed by atoms with van der Waals surface area (Å²) >= 11 is 0. The SMILES string of the molecule is CC(C)C[C@@H](NC(=O)C(C(C)C)N1CC(C)OC(C)C1)C(=O)O. The summed E-state index contributed by atoms with van der Waals surface area (Å²) in [6.45, 7) is 13.2. The van der Waals surface area contributed by atoms with Gasteiger partial charge in [0, 0.05) is 13.1 Å². The Balaban J connectivity index is 2.83. The monoisotopic (exact) mass is 328 g/mol. The minimum absolute atomic E-state index is 0.0683. The van der Waals surface area contributed by atoms with Crippen LogP contribution in [0.5, 0.6) is 0 Å². The van der Waals surface area contributed by atoms with Gasteiger partial charge in [0.1, 0.15) is 6.04 Å². The Morgan fingerprint density at radius 3 is 2.09 bits per heavy atom. The van der Waals surface area contributed by atoms with Crippen LogP contribution in [-0.2, 0) is 14.3 Å². The van der Waals surface area contributed by atoms with Crippen LogP contribution >= 0.6 is 0 Å². The van der Waals surface area contributed by atoms with E-state index in [1.807, 2.05) is 41.5 Å². The van der Waals surface area contributed by atoms with E-state index in [2.05, 4.69) is 10.2 Å². The fourth-order valence-corrected chi connectivity index (χ4v) is 3.28. The Hall–Kier alpha value is -1.14. The van der Waals surface area contributed by atoms with Gasteiger partial charge in [-0.05, 0) is 32.1 Å². The summed E-state index contributed by atoms with van der Waals surface area (Å²) in [7, 11) is 0. The smallest absolute Gasteiger partial charge is 0.326 e. The molecule has 1 saturated heterocycles. The maximum atomic E-state index is 12.7. The third-order valence-electron chi connectivity index (χ3n) is 4.06. The number of carboxylic acid groups (broad SMARTS) is 1. The largest absolute Gasteiger partial charge is 0.480 e. The normalized spacial score (nSPS) is 25.4. The molecule has 0 aromatic heterocycles. The van der Waals surface area contributed by atoms with Crippen molar-refractivity contribution in [2.24, 2.45) is 11.8 Å². The number of carboxylic acids is 1. The number of nitrogens with zero attached hydrogens (tertiary/aromatic N) is 1. The van der Waals surface area contributed by atoms with E-state index in [0.29, 0.717) is 19.5 Å². The number of hydrogen-bond donors (Lipinski definition) is 2. The van der Waals surface area contributed by atoms with E-state index in [9.17, 15) is 14.7 Å². The molecule has 0 spiro atoms. The molecule has 3 unspecified atom stereocenters. The number of carbonyl (C=O) groups excluding carboxylic acids is 1. The second kappa shape index (κ2) is 8.64. The highest BCUT2D eigenvalue weighted by atomic mass is 16.5. The highest BCUT2D eigenvalue weighted by Gasteiger charge is 2.35. The third-order valence-corrected chi connectivity index (χ3v) is 4.06. The maximum Gasteiger partial charge on any atom is 0.326 e. The zero-order valence-corrected chi connectivity index (χ0v) is 15.2. The van der Waals surface area contributed by atoms with Gasteiger partial charge in [-0.3, -0.25) is 9.69 Å². The molecular weight excluding hydrogens is 296 g/mol. The van der Waals surface area contributed by atoms with Gasteiger partial charge in [0.25, 0.3) is 0 Å². The Morgan fingerprint density at radius 1 is 1.17 bits per heavy atom. The molecule has 134 valence electrons. The number of amides is 1. The van der Waals surface area contributed by atoms with Crippen LogP contribution in [0.1, 0.15) is 48.0 Å². The van der Waals surface area contributed by atoms with E-state index in [4.69, 9.17) is 4.74 Å². The first kappa shape index (κ1) is 19.9. The molecule has 0 aromatic carbocycles. The van der Waals surface area contributed by atoms with Crippen LogP contribution in [0.25, 0.3) is 0 Å². The molecule has 1 amide bonds. The summed E-state index contributed by atoms with van der Waals surface area (Å²) < 4.78 is 5.73. The van der Waals surface area contributed by atoms with Gasteiger partial charge in [0.05, 0.1) is 18.2 Å². The third kappa shape index (κ3) is 6.11. The average Bonchev–Trinajstić information content (AvgIpc) is 2.35. The average molecular weight is 328 g/mol.